The number of sulfonamides is 1. The number of nitro benzene ring substituents is 1. The van der Waals surface area contributed by atoms with E-state index in [0.29, 0.717) is 17.4 Å². The second-order valence-corrected chi connectivity index (χ2v) is 9.13. The molecule has 12 heteroatoms. The van der Waals surface area contributed by atoms with Gasteiger partial charge in [0.2, 0.25) is 15.9 Å². The van der Waals surface area contributed by atoms with Crippen LogP contribution in [0.4, 0.5) is 11.4 Å². The fourth-order valence-electron chi connectivity index (χ4n) is 2.45. The van der Waals surface area contributed by atoms with Gasteiger partial charge >= 0.3 is 0 Å². The molecular formula is C16H19ClN4O5S2. The van der Waals surface area contributed by atoms with Crippen molar-refractivity contribution in [1.82, 2.24) is 4.90 Å². The Morgan fingerprint density at radius 3 is 2.61 bits per heavy atom. The van der Waals surface area contributed by atoms with Crippen molar-refractivity contribution in [3.63, 3.8) is 0 Å². The Hall–Kier alpha value is -2.21. The average molecular weight is 447 g/mol. The first-order valence-electron chi connectivity index (χ1n) is 8.19. The minimum absolute atomic E-state index is 0.110. The number of nitrogens with two attached hydrogens (primary N) is 1. The van der Waals surface area contributed by atoms with Crippen LogP contribution in [0.3, 0.4) is 0 Å². The van der Waals surface area contributed by atoms with Gasteiger partial charge in [-0.2, -0.15) is 0 Å². The number of rotatable bonds is 9. The molecule has 3 N–H and O–H groups in total. The Balaban J connectivity index is 2.01. The Morgan fingerprint density at radius 2 is 2.07 bits per heavy atom. The lowest BCUT2D eigenvalue weighted by atomic mass is 10.2. The summed E-state index contributed by atoms with van der Waals surface area (Å²) in [6.45, 7) is 2.96. The molecule has 1 amide bonds. The van der Waals surface area contributed by atoms with Crippen molar-refractivity contribution >= 4 is 50.2 Å². The van der Waals surface area contributed by atoms with Gasteiger partial charge in [-0.05, 0) is 31.2 Å². The maximum absolute atomic E-state index is 12.4. The smallest absolute Gasteiger partial charge is 0.293 e. The number of hydrogen-bond acceptors (Lipinski definition) is 7. The molecule has 0 unspecified atom stereocenters. The molecule has 2 aromatic rings. The average Bonchev–Trinajstić information content (AvgIpc) is 3.03. The molecule has 0 fully saturated rings. The number of benzene rings is 1. The van der Waals surface area contributed by atoms with E-state index in [1.807, 2.05) is 13.0 Å². The third kappa shape index (κ3) is 5.89. The van der Waals surface area contributed by atoms with Crippen LogP contribution < -0.4 is 10.5 Å². The summed E-state index contributed by atoms with van der Waals surface area (Å²) in [5, 5.41) is 19.0. The topological polar surface area (TPSA) is 136 Å². The zero-order chi connectivity index (χ0) is 20.9. The van der Waals surface area contributed by atoms with Crippen molar-refractivity contribution < 1.29 is 18.1 Å². The number of carbonyl (C=O) groups excluding carboxylic acids is 1. The van der Waals surface area contributed by atoms with Crippen LogP contribution in [0.2, 0.25) is 4.34 Å². The summed E-state index contributed by atoms with van der Waals surface area (Å²) in [4.78, 5) is 25.2. The van der Waals surface area contributed by atoms with E-state index in [0.717, 1.165) is 10.9 Å². The van der Waals surface area contributed by atoms with E-state index in [9.17, 15) is 23.3 Å². The highest BCUT2D eigenvalue weighted by atomic mass is 35.5. The molecule has 0 atom stereocenters. The van der Waals surface area contributed by atoms with Gasteiger partial charge in [-0.1, -0.05) is 11.6 Å². The molecule has 0 saturated heterocycles. The molecule has 9 nitrogen and oxygen atoms in total. The normalized spacial score (nSPS) is 11.2. The third-order valence-corrected chi connectivity index (χ3v) is 5.99. The summed E-state index contributed by atoms with van der Waals surface area (Å²) in [7, 11) is -4.05. The van der Waals surface area contributed by atoms with Gasteiger partial charge in [0.25, 0.3) is 5.69 Å². The summed E-state index contributed by atoms with van der Waals surface area (Å²) in [5.41, 5.74) is -0.321. The molecule has 1 aromatic carbocycles. The Bertz CT molecular complexity index is 977. The highest BCUT2D eigenvalue weighted by Crippen LogP contribution is 2.27. The lowest BCUT2D eigenvalue weighted by Crippen LogP contribution is -2.31. The lowest BCUT2D eigenvalue weighted by molar-refractivity contribution is -0.384. The van der Waals surface area contributed by atoms with Crippen molar-refractivity contribution in [2.24, 2.45) is 5.14 Å². The predicted octanol–water partition coefficient (Wildman–Crippen LogP) is 2.81. The monoisotopic (exact) mass is 446 g/mol. The molecular weight excluding hydrogens is 428 g/mol. The first-order valence-corrected chi connectivity index (χ1v) is 10.9. The van der Waals surface area contributed by atoms with Crippen LogP contribution >= 0.6 is 22.9 Å². The van der Waals surface area contributed by atoms with Crippen LogP contribution in [0, 0.1) is 10.1 Å². The van der Waals surface area contributed by atoms with E-state index >= 15 is 0 Å². The van der Waals surface area contributed by atoms with Gasteiger partial charge in [-0.15, -0.1) is 11.3 Å². The van der Waals surface area contributed by atoms with Crippen LogP contribution in [0.5, 0.6) is 0 Å². The van der Waals surface area contributed by atoms with E-state index in [4.69, 9.17) is 16.7 Å². The molecule has 28 heavy (non-hydrogen) atoms. The van der Waals surface area contributed by atoms with E-state index in [2.05, 4.69) is 5.32 Å². The lowest BCUT2D eigenvalue weighted by Gasteiger charge is -2.20. The Morgan fingerprint density at radius 1 is 1.36 bits per heavy atom. The number of amides is 1. The molecule has 0 spiro atoms. The van der Waals surface area contributed by atoms with Crippen molar-refractivity contribution in [1.29, 1.82) is 0 Å². The number of nitrogens with zero attached hydrogens (tertiary/aromatic N) is 2. The quantitative estimate of drug-likeness (QED) is 0.449. The molecule has 0 aliphatic rings. The van der Waals surface area contributed by atoms with Gasteiger partial charge in [0.1, 0.15) is 5.69 Å². The molecule has 0 radical (unpaired) electrons. The van der Waals surface area contributed by atoms with Crippen LogP contribution in [-0.4, -0.2) is 37.2 Å². The van der Waals surface area contributed by atoms with Gasteiger partial charge in [-0.3, -0.25) is 14.9 Å². The minimum Gasteiger partial charge on any atom is -0.379 e. The highest BCUT2D eigenvalue weighted by Gasteiger charge is 2.19. The molecule has 0 aliphatic heterocycles. The van der Waals surface area contributed by atoms with Crippen LogP contribution in [0.1, 0.15) is 18.2 Å². The Kier molecular flexibility index (Phi) is 7.35. The van der Waals surface area contributed by atoms with E-state index in [1.165, 1.54) is 23.5 Å². The van der Waals surface area contributed by atoms with Gasteiger partial charge < -0.3 is 10.2 Å². The van der Waals surface area contributed by atoms with Gasteiger partial charge in [-0.25, -0.2) is 13.6 Å². The maximum Gasteiger partial charge on any atom is 0.293 e. The van der Waals surface area contributed by atoms with Crippen molar-refractivity contribution in [2.45, 2.75) is 24.8 Å². The second-order valence-electron chi connectivity index (χ2n) is 5.77. The summed E-state index contributed by atoms with van der Waals surface area (Å²) in [6, 6.07) is 6.95. The summed E-state index contributed by atoms with van der Waals surface area (Å²) in [6.07, 6.45) is 0.112. The summed E-state index contributed by atoms with van der Waals surface area (Å²) in [5.74, 6) is -0.122. The van der Waals surface area contributed by atoms with Gasteiger partial charge in [0, 0.05) is 30.5 Å². The number of thiophene rings is 1. The highest BCUT2D eigenvalue weighted by molar-refractivity contribution is 7.89. The number of carbonyl (C=O) groups is 1. The van der Waals surface area contributed by atoms with Crippen molar-refractivity contribution in [3.05, 3.63) is 49.7 Å². The number of nitro groups is 1. The zero-order valence-electron chi connectivity index (χ0n) is 14.9. The number of halogens is 1. The molecule has 0 bridgehead atoms. The SMILES string of the molecule is CCN(Cc1ccc(Cl)s1)C(=O)CCNc1ccc(S(N)(=O)=O)cc1[N+](=O)[O-]. The first kappa shape index (κ1) is 22.1. The maximum atomic E-state index is 12.4. The van der Waals surface area contributed by atoms with E-state index < -0.39 is 20.6 Å². The molecule has 2 rings (SSSR count). The molecule has 1 aromatic heterocycles. The van der Waals surface area contributed by atoms with Crippen LogP contribution in [-0.2, 0) is 21.4 Å². The molecule has 0 saturated carbocycles. The summed E-state index contributed by atoms with van der Waals surface area (Å²) >= 11 is 7.30. The summed E-state index contributed by atoms with van der Waals surface area (Å²) < 4.78 is 23.4. The number of hydrogen-bond donors (Lipinski definition) is 2. The number of nitrogens with one attached hydrogen (secondary N) is 1. The zero-order valence-corrected chi connectivity index (χ0v) is 17.3. The first-order chi connectivity index (χ1) is 13.1. The molecule has 152 valence electrons. The van der Waals surface area contributed by atoms with E-state index in [-0.39, 0.29) is 29.5 Å². The van der Waals surface area contributed by atoms with Gasteiger partial charge in [0.05, 0.1) is 20.7 Å². The fraction of sp³-hybridized carbons (Fsp3) is 0.312. The van der Waals surface area contributed by atoms with Crippen molar-refractivity contribution in [3.8, 4) is 0 Å². The van der Waals surface area contributed by atoms with E-state index in [1.54, 1.807) is 11.0 Å². The van der Waals surface area contributed by atoms with Gasteiger partial charge in [0.15, 0.2) is 0 Å². The largest absolute Gasteiger partial charge is 0.379 e. The Labute approximate surface area is 171 Å². The van der Waals surface area contributed by atoms with Crippen molar-refractivity contribution in [2.75, 3.05) is 18.4 Å². The predicted molar refractivity (Wildman–Crippen MR) is 108 cm³/mol. The van der Waals surface area contributed by atoms with Crippen LogP contribution in [0.25, 0.3) is 0 Å². The fourth-order valence-corrected chi connectivity index (χ4v) is 4.09. The molecule has 0 aliphatic carbocycles. The minimum atomic E-state index is -4.05. The second kappa shape index (κ2) is 9.32. The number of primary sulfonamides is 1. The standard InChI is InChI=1S/C16H19ClN4O5S2/c1-2-20(10-11-3-6-15(17)27-11)16(22)7-8-19-13-5-4-12(28(18,25)26)9-14(13)21(23)24/h3-6,9,19H,2,7-8,10H2,1H3,(H2,18,25,26). The van der Waals surface area contributed by atoms with Crippen LogP contribution in [0.15, 0.2) is 35.2 Å². The molecule has 1 heterocycles. The number of anilines is 1. The third-order valence-electron chi connectivity index (χ3n) is 3.86.